The Kier molecular flexibility index (Phi) is 8.13. The Morgan fingerprint density at radius 1 is 1.18 bits per heavy atom. The second-order valence-corrected chi connectivity index (χ2v) is 8.26. The smallest absolute Gasteiger partial charge is 0.193 e. The van der Waals surface area contributed by atoms with Crippen LogP contribution in [0, 0.1) is 5.92 Å². The standard InChI is InChI=1S/C22H37N5O/c1-23-22(26(3)16-21-9-14-28-18-21)24-15-19-5-7-20(8-6-19)17-27-11-4-10-25(2)12-13-27/h5-8,21H,4,9-18H2,1-3H3,(H,23,24). The molecule has 0 spiro atoms. The minimum Gasteiger partial charge on any atom is -0.381 e. The number of hydrogen-bond acceptors (Lipinski definition) is 4. The summed E-state index contributed by atoms with van der Waals surface area (Å²) in [5, 5.41) is 3.49. The van der Waals surface area contributed by atoms with E-state index in [-0.39, 0.29) is 0 Å². The van der Waals surface area contributed by atoms with E-state index in [1.54, 1.807) is 0 Å². The summed E-state index contributed by atoms with van der Waals surface area (Å²) in [5.74, 6) is 1.56. The van der Waals surface area contributed by atoms with Gasteiger partial charge in [0.05, 0.1) is 6.61 Å². The first-order valence-electron chi connectivity index (χ1n) is 10.6. The van der Waals surface area contributed by atoms with E-state index in [9.17, 15) is 0 Å². The second-order valence-electron chi connectivity index (χ2n) is 8.26. The van der Waals surface area contributed by atoms with Crippen LogP contribution in [0.25, 0.3) is 0 Å². The minimum absolute atomic E-state index is 0.613. The van der Waals surface area contributed by atoms with E-state index in [0.717, 1.165) is 51.8 Å². The highest BCUT2D eigenvalue weighted by molar-refractivity contribution is 5.79. The number of hydrogen-bond donors (Lipinski definition) is 1. The zero-order valence-electron chi connectivity index (χ0n) is 17.9. The molecule has 1 aromatic carbocycles. The van der Waals surface area contributed by atoms with Gasteiger partial charge in [0.25, 0.3) is 0 Å². The maximum absolute atomic E-state index is 5.49. The third kappa shape index (κ3) is 6.47. The molecule has 2 saturated heterocycles. The van der Waals surface area contributed by atoms with Crippen molar-refractivity contribution in [1.29, 1.82) is 0 Å². The molecule has 6 nitrogen and oxygen atoms in total. The van der Waals surface area contributed by atoms with Crippen molar-refractivity contribution in [1.82, 2.24) is 20.0 Å². The van der Waals surface area contributed by atoms with Gasteiger partial charge in [-0.2, -0.15) is 0 Å². The van der Waals surface area contributed by atoms with Gasteiger partial charge in [-0.25, -0.2) is 0 Å². The maximum Gasteiger partial charge on any atom is 0.193 e. The number of nitrogens with one attached hydrogen (secondary N) is 1. The Hall–Kier alpha value is -1.63. The Morgan fingerprint density at radius 2 is 1.96 bits per heavy atom. The lowest BCUT2D eigenvalue weighted by molar-refractivity contribution is 0.181. The zero-order chi connectivity index (χ0) is 19.8. The van der Waals surface area contributed by atoms with Crippen LogP contribution in [-0.2, 0) is 17.8 Å². The third-order valence-corrected chi connectivity index (χ3v) is 5.82. The van der Waals surface area contributed by atoms with Crippen molar-refractivity contribution < 1.29 is 4.74 Å². The fraction of sp³-hybridized carbons (Fsp3) is 0.682. The van der Waals surface area contributed by atoms with Crippen molar-refractivity contribution in [2.75, 3.05) is 67.1 Å². The van der Waals surface area contributed by atoms with Crippen LogP contribution in [0.15, 0.2) is 29.3 Å². The maximum atomic E-state index is 5.49. The number of aliphatic imine (C=N–C) groups is 1. The molecule has 2 aliphatic heterocycles. The van der Waals surface area contributed by atoms with Gasteiger partial charge in [-0.15, -0.1) is 0 Å². The van der Waals surface area contributed by atoms with Crippen LogP contribution in [0.1, 0.15) is 24.0 Å². The van der Waals surface area contributed by atoms with Crippen molar-refractivity contribution >= 4 is 5.96 Å². The predicted octanol–water partition coefficient (Wildman–Crippen LogP) is 1.87. The molecule has 28 heavy (non-hydrogen) atoms. The highest BCUT2D eigenvalue weighted by Gasteiger charge is 2.19. The lowest BCUT2D eigenvalue weighted by Crippen LogP contribution is -2.41. The summed E-state index contributed by atoms with van der Waals surface area (Å²) in [6.07, 6.45) is 2.41. The van der Waals surface area contributed by atoms with Gasteiger partial charge >= 0.3 is 0 Å². The molecule has 2 aliphatic rings. The molecule has 1 unspecified atom stereocenters. The van der Waals surface area contributed by atoms with Crippen LogP contribution in [-0.4, -0.2) is 87.7 Å². The quantitative estimate of drug-likeness (QED) is 0.596. The number of rotatable bonds is 6. The average Bonchev–Trinajstić information content (AvgIpc) is 3.12. The second kappa shape index (κ2) is 10.8. The fourth-order valence-electron chi connectivity index (χ4n) is 4.05. The van der Waals surface area contributed by atoms with Gasteiger partial charge in [0, 0.05) is 59.3 Å². The van der Waals surface area contributed by atoms with Gasteiger partial charge in [0.2, 0.25) is 0 Å². The largest absolute Gasteiger partial charge is 0.381 e. The molecule has 0 radical (unpaired) electrons. The summed E-state index contributed by atoms with van der Waals surface area (Å²) in [7, 11) is 6.18. The highest BCUT2D eigenvalue weighted by Crippen LogP contribution is 2.14. The molecule has 2 fully saturated rings. The molecule has 1 N–H and O–H groups in total. The molecule has 1 aromatic rings. The normalized spacial score (nSPS) is 22.2. The van der Waals surface area contributed by atoms with Gasteiger partial charge in [0.15, 0.2) is 5.96 Å². The van der Waals surface area contributed by atoms with Gasteiger partial charge in [0.1, 0.15) is 0 Å². The molecule has 0 aliphatic carbocycles. The van der Waals surface area contributed by atoms with Crippen LogP contribution in [0.5, 0.6) is 0 Å². The molecule has 6 heteroatoms. The average molecular weight is 388 g/mol. The first-order valence-corrected chi connectivity index (χ1v) is 10.6. The van der Waals surface area contributed by atoms with Crippen molar-refractivity contribution in [2.45, 2.75) is 25.9 Å². The fourth-order valence-corrected chi connectivity index (χ4v) is 4.05. The van der Waals surface area contributed by atoms with Gasteiger partial charge in [-0.1, -0.05) is 24.3 Å². The Bertz CT molecular complexity index is 612. The molecule has 0 amide bonds. The molecule has 3 rings (SSSR count). The van der Waals surface area contributed by atoms with E-state index in [4.69, 9.17) is 4.74 Å². The lowest BCUT2D eigenvalue weighted by Gasteiger charge is -2.24. The minimum atomic E-state index is 0.613. The summed E-state index contributed by atoms with van der Waals surface area (Å²) >= 11 is 0. The number of benzene rings is 1. The van der Waals surface area contributed by atoms with Gasteiger partial charge in [-0.05, 0) is 44.1 Å². The van der Waals surface area contributed by atoms with Crippen LogP contribution >= 0.6 is 0 Å². The van der Waals surface area contributed by atoms with Gasteiger partial charge < -0.3 is 19.9 Å². The Labute approximate surface area is 170 Å². The number of nitrogens with zero attached hydrogens (tertiary/aromatic N) is 4. The molecular formula is C22H37N5O. The Morgan fingerprint density at radius 3 is 2.68 bits per heavy atom. The van der Waals surface area contributed by atoms with E-state index in [1.165, 1.54) is 37.2 Å². The Balaban J connectivity index is 1.45. The van der Waals surface area contributed by atoms with Gasteiger partial charge in [-0.3, -0.25) is 9.89 Å². The van der Waals surface area contributed by atoms with E-state index in [2.05, 4.69) is 63.4 Å². The van der Waals surface area contributed by atoms with E-state index >= 15 is 0 Å². The highest BCUT2D eigenvalue weighted by atomic mass is 16.5. The summed E-state index contributed by atoms with van der Waals surface area (Å²) in [6, 6.07) is 9.02. The van der Waals surface area contributed by atoms with Crippen LogP contribution in [0.3, 0.4) is 0 Å². The summed E-state index contributed by atoms with van der Waals surface area (Å²) in [6.45, 7) is 9.34. The summed E-state index contributed by atoms with van der Waals surface area (Å²) in [5.41, 5.74) is 2.69. The monoisotopic (exact) mass is 387 g/mol. The van der Waals surface area contributed by atoms with E-state index in [0.29, 0.717) is 5.92 Å². The number of ether oxygens (including phenoxy) is 1. The van der Waals surface area contributed by atoms with Crippen molar-refractivity contribution in [3.8, 4) is 0 Å². The van der Waals surface area contributed by atoms with Crippen molar-refractivity contribution in [3.63, 3.8) is 0 Å². The van der Waals surface area contributed by atoms with Crippen molar-refractivity contribution in [2.24, 2.45) is 10.9 Å². The first-order chi connectivity index (χ1) is 13.6. The molecule has 0 bridgehead atoms. The SMILES string of the molecule is CN=C(NCc1ccc(CN2CCCN(C)CC2)cc1)N(C)CC1CCOC1. The molecule has 0 saturated carbocycles. The van der Waals surface area contributed by atoms with E-state index < -0.39 is 0 Å². The molecular weight excluding hydrogens is 350 g/mol. The lowest BCUT2D eigenvalue weighted by atomic mass is 10.1. The first kappa shape index (κ1) is 21.1. The number of guanidine groups is 1. The van der Waals surface area contributed by atoms with Crippen molar-refractivity contribution in [3.05, 3.63) is 35.4 Å². The third-order valence-electron chi connectivity index (χ3n) is 5.82. The summed E-state index contributed by atoms with van der Waals surface area (Å²) < 4.78 is 5.49. The topological polar surface area (TPSA) is 43.3 Å². The zero-order valence-corrected chi connectivity index (χ0v) is 17.9. The molecule has 0 aromatic heterocycles. The molecule has 156 valence electrons. The molecule has 2 heterocycles. The van der Waals surface area contributed by atoms with Crippen LogP contribution in [0.2, 0.25) is 0 Å². The summed E-state index contributed by atoms with van der Waals surface area (Å²) in [4.78, 5) is 11.6. The number of likely N-dealkylation sites (N-methyl/N-ethyl adjacent to an activating group) is 1. The van der Waals surface area contributed by atoms with Crippen LogP contribution in [0.4, 0.5) is 0 Å². The van der Waals surface area contributed by atoms with E-state index in [1.807, 2.05) is 7.05 Å². The predicted molar refractivity (Wildman–Crippen MR) is 116 cm³/mol. The van der Waals surface area contributed by atoms with Crippen LogP contribution < -0.4 is 5.32 Å². The molecule has 1 atom stereocenters.